The minimum Gasteiger partial charge on any atom is -0.321 e. The quantitative estimate of drug-likeness (QED) is 0.615. The lowest BCUT2D eigenvalue weighted by Gasteiger charge is -2.45. The van der Waals surface area contributed by atoms with Gasteiger partial charge in [-0.25, -0.2) is 10.3 Å². The molecule has 1 aliphatic rings. The van der Waals surface area contributed by atoms with Crippen LogP contribution < -0.4 is 10.4 Å². The molecule has 0 bridgehead atoms. The van der Waals surface area contributed by atoms with E-state index in [1.54, 1.807) is 22.5 Å². The number of amides is 3. The Kier molecular flexibility index (Phi) is 6.51. The average Bonchev–Trinajstić information content (AvgIpc) is 2.75. The van der Waals surface area contributed by atoms with Crippen LogP contribution in [0, 0.1) is 0 Å². The molecule has 2 aromatic carbocycles. The molecule has 2 atom stereocenters. The highest BCUT2D eigenvalue weighted by atomic mass is 16.5. The number of nitrogens with one attached hydrogen (secondary N) is 1. The van der Waals surface area contributed by atoms with Crippen LogP contribution in [0.15, 0.2) is 54.6 Å². The van der Waals surface area contributed by atoms with Crippen LogP contribution in [0.5, 0.6) is 0 Å². The van der Waals surface area contributed by atoms with Crippen molar-refractivity contribution in [3.63, 3.8) is 0 Å². The highest BCUT2D eigenvalue weighted by Crippen LogP contribution is 2.22. The highest BCUT2D eigenvalue weighted by Gasteiger charge is 2.33. The summed E-state index contributed by atoms with van der Waals surface area (Å²) in [5, 5.41) is 8.73. The van der Waals surface area contributed by atoms with Gasteiger partial charge in [0.05, 0.1) is 0 Å². The first-order chi connectivity index (χ1) is 13.9. The topological polar surface area (TPSA) is 76.1 Å². The number of hydroxylamine groups is 1. The minimum atomic E-state index is -0.520. The Labute approximate surface area is 171 Å². The molecule has 0 spiro atoms. The van der Waals surface area contributed by atoms with E-state index in [4.69, 9.17) is 5.21 Å². The molecule has 2 aromatic rings. The molecular formula is C22H28N4O3. The van der Waals surface area contributed by atoms with Crippen molar-refractivity contribution < 1.29 is 14.8 Å². The van der Waals surface area contributed by atoms with E-state index in [-0.39, 0.29) is 18.1 Å². The van der Waals surface area contributed by atoms with Crippen molar-refractivity contribution in [1.29, 1.82) is 0 Å². The van der Waals surface area contributed by atoms with Gasteiger partial charge in [-0.05, 0) is 43.7 Å². The Morgan fingerprint density at radius 1 is 1.03 bits per heavy atom. The summed E-state index contributed by atoms with van der Waals surface area (Å²) < 4.78 is 0. The van der Waals surface area contributed by atoms with E-state index in [0.717, 1.165) is 17.8 Å². The smallest absolute Gasteiger partial charge is 0.321 e. The Morgan fingerprint density at radius 3 is 2.17 bits per heavy atom. The Morgan fingerprint density at radius 2 is 1.62 bits per heavy atom. The maximum absolute atomic E-state index is 13.0. The number of urea groups is 1. The fourth-order valence-electron chi connectivity index (χ4n) is 3.84. The minimum absolute atomic E-state index is 0.00826. The number of carbonyl (C=O) groups is 2. The second-order valence-corrected chi connectivity index (χ2v) is 7.59. The summed E-state index contributed by atoms with van der Waals surface area (Å²) in [6.45, 7) is 6.31. The van der Waals surface area contributed by atoms with Crippen molar-refractivity contribution in [2.75, 3.05) is 25.0 Å². The number of rotatable bonds is 4. The highest BCUT2D eigenvalue weighted by molar-refractivity contribution is 5.93. The summed E-state index contributed by atoms with van der Waals surface area (Å²) in [7, 11) is 1.81. The fourth-order valence-corrected chi connectivity index (χ4v) is 3.84. The lowest BCUT2D eigenvalue weighted by atomic mass is 10.1. The van der Waals surface area contributed by atoms with Gasteiger partial charge in [0, 0.05) is 50.0 Å². The van der Waals surface area contributed by atoms with Gasteiger partial charge in [-0.15, -0.1) is 0 Å². The molecule has 1 heterocycles. The third kappa shape index (κ3) is 4.75. The molecule has 0 aromatic heterocycles. The van der Waals surface area contributed by atoms with Crippen LogP contribution in [0.3, 0.4) is 0 Å². The first-order valence-corrected chi connectivity index (χ1v) is 9.77. The van der Waals surface area contributed by atoms with Gasteiger partial charge in [-0.1, -0.05) is 30.3 Å². The summed E-state index contributed by atoms with van der Waals surface area (Å²) in [6, 6.07) is 17.3. The van der Waals surface area contributed by atoms with Crippen molar-refractivity contribution in [3.05, 3.63) is 65.7 Å². The van der Waals surface area contributed by atoms with Crippen LogP contribution in [0.2, 0.25) is 0 Å². The van der Waals surface area contributed by atoms with Gasteiger partial charge in [-0.2, -0.15) is 0 Å². The van der Waals surface area contributed by atoms with Gasteiger partial charge in [0.25, 0.3) is 5.91 Å². The van der Waals surface area contributed by atoms with E-state index in [0.29, 0.717) is 18.7 Å². The second kappa shape index (κ2) is 9.07. The monoisotopic (exact) mass is 396 g/mol. The maximum atomic E-state index is 13.0. The van der Waals surface area contributed by atoms with Gasteiger partial charge in [0.15, 0.2) is 0 Å². The lowest BCUT2D eigenvalue weighted by Crippen LogP contribution is -2.59. The number of carbonyl (C=O) groups excluding carboxylic acids is 2. The third-order valence-electron chi connectivity index (χ3n) is 5.49. The van der Waals surface area contributed by atoms with Gasteiger partial charge >= 0.3 is 6.03 Å². The van der Waals surface area contributed by atoms with E-state index in [1.165, 1.54) is 0 Å². The van der Waals surface area contributed by atoms with Crippen molar-refractivity contribution >= 4 is 17.6 Å². The molecular weight excluding hydrogens is 368 g/mol. The largest absolute Gasteiger partial charge is 0.324 e. The summed E-state index contributed by atoms with van der Waals surface area (Å²) in [4.78, 5) is 30.4. The molecule has 3 rings (SSSR count). The normalized spacial score (nSPS) is 19.7. The van der Waals surface area contributed by atoms with E-state index in [9.17, 15) is 9.59 Å². The van der Waals surface area contributed by atoms with Crippen LogP contribution in [-0.2, 0) is 6.54 Å². The standard InChI is InChI=1S/C22H28N4O3/c1-16-13-25(22(28)24(3)20-7-5-4-6-8-20)14-17(2)26(16)15-18-9-11-19(12-10-18)21(27)23-29/h4-12,16-17,29H,13-15H2,1-3H3,(H,23,27)/t16-,17+. The van der Waals surface area contributed by atoms with Crippen LogP contribution in [0.1, 0.15) is 29.8 Å². The van der Waals surface area contributed by atoms with E-state index in [2.05, 4.69) is 18.7 Å². The van der Waals surface area contributed by atoms with Crippen LogP contribution >= 0.6 is 0 Å². The van der Waals surface area contributed by atoms with Crippen LogP contribution in [0.25, 0.3) is 0 Å². The molecule has 0 aliphatic carbocycles. The van der Waals surface area contributed by atoms with Crippen molar-refractivity contribution in [2.45, 2.75) is 32.5 Å². The number of anilines is 1. The zero-order chi connectivity index (χ0) is 21.0. The molecule has 1 fully saturated rings. The third-order valence-corrected chi connectivity index (χ3v) is 5.49. The molecule has 3 amide bonds. The molecule has 1 aliphatic heterocycles. The van der Waals surface area contributed by atoms with Crippen LogP contribution in [0.4, 0.5) is 10.5 Å². The molecule has 0 unspecified atom stereocenters. The molecule has 29 heavy (non-hydrogen) atoms. The molecule has 7 nitrogen and oxygen atoms in total. The SMILES string of the molecule is C[C@@H]1CN(C(=O)N(C)c2ccccc2)C[C@H](C)N1Cc1ccc(C(=O)NO)cc1. The van der Waals surface area contributed by atoms with Gasteiger partial charge in [0.1, 0.15) is 0 Å². The molecule has 0 radical (unpaired) electrons. The van der Waals surface area contributed by atoms with Crippen molar-refractivity contribution in [1.82, 2.24) is 15.3 Å². The summed E-state index contributed by atoms with van der Waals surface area (Å²) in [6.07, 6.45) is 0. The number of benzene rings is 2. The van der Waals surface area contributed by atoms with Crippen molar-refractivity contribution in [2.24, 2.45) is 0 Å². The molecule has 0 saturated carbocycles. The first kappa shape index (κ1) is 20.8. The molecule has 154 valence electrons. The summed E-state index contributed by atoms with van der Waals surface area (Å²) in [5.41, 5.74) is 4.02. The number of nitrogens with zero attached hydrogens (tertiary/aromatic N) is 3. The summed E-state index contributed by atoms with van der Waals surface area (Å²) >= 11 is 0. The molecule has 7 heteroatoms. The van der Waals surface area contributed by atoms with E-state index >= 15 is 0 Å². The number of hydrogen-bond donors (Lipinski definition) is 2. The fraction of sp³-hybridized carbons (Fsp3) is 0.364. The zero-order valence-corrected chi connectivity index (χ0v) is 17.1. The van der Waals surface area contributed by atoms with E-state index < -0.39 is 5.91 Å². The Hall–Kier alpha value is -2.90. The summed E-state index contributed by atoms with van der Waals surface area (Å²) in [5.74, 6) is -0.520. The predicted octanol–water partition coefficient (Wildman–Crippen LogP) is 2.96. The lowest BCUT2D eigenvalue weighted by molar-refractivity contribution is 0.0512. The Balaban J connectivity index is 1.64. The van der Waals surface area contributed by atoms with Gasteiger partial charge < -0.3 is 4.90 Å². The maximum Gasteiger partial charge on any atom is 0.324 e. The molecule has 1 saturated heterocycles. The number of hydrogen-bond acceptors (Lipinski definition) is 4. The van der Waals surface area contributed by atoms with E-state index in [1.807, 2.05) is 54.4 Å². The van der Waals surface area contributed by atoms with Gasteiger partial charge in [0.2, 0.25) is 0 Å². The Bertz CT molecular complexity index is 829. The van der Waals surface area contributed by atoms with Crippen molar-refractivity contribution in [3.8, 4) is 0 Å². The predicted molar refractivity (Wildman–Crippen MR) is 112 cm³/mol. The molecule has 2 N–H and O–H groups in total. The average molecular weight is 396 g/mol. The first-order valence-electron chi connectivity index (χ1n) is 9.77. The van der Waals surface area contributed by atoms with Gasteiger partial charge in [-0.3, -0.25) is 19.8 Å². The zero-order valence-electron chi connectivity index (χ0n) is 17.1. The number of para-hydroxylation sites is 1. The van der Waals surface area contributed by atoms with Crippen LogP contribution in [-0.4, -0.2) is 59.2 Å². The number of piperazine rings is 1. The second-order valence-electron chi connectivity index (χ2n) is 7.59.